The predicted octanol–water partition coefficient (Wildman–Crippen LogP) is 3.18. The van der Waals surface area contributed by atoms with Crippen LogP contribution in [0.1, 0.15) is 27.5 Å². The number of hydrogen-bond acceptors (Lipinski definition) is 5. The first-order chi connectivity index (χ1) is 15.4. The van der Waals surface area contributed by atoms with Gasteiger partial charge in [-0.1, -0.05) is 18.2 Å². The number of nitrogens with zero attached hydrogens (tertiary/aromatic N) is 2. The minimum absolute atomic E-state index is 0.0538. The molecule has 7 nitrogen and oxygen atoms in total. The van der Waals surface area contributed by atoms with Crippen LogP contribution in [-0.2, 0) is 11.2 Å². The van der Waals surface area contributed by atoms with Gasteiger partial charge in [-0.2, -0.15) is 0 Å². The fourth-order valence-corrected chi connectivity index (χ4v) is 3.15. The van der Waals surface area contributed by atoms with E-state index in [9.17, 15) is 14.0 Å². The number of anilines is 1. The molecule has 3 rings (SSSR count). The van der Waals surface area contributed by atoms with Crippen molar-refractivity contribution < 1.29 is 18.7 Å². The maximum atomic E-state index is 13.8. The summed E-state index contributed by atoms with van der Waals surface area (Å²) in [6.07, 6.45) is 3.25. The van der Waals surface area contributed by atoms with Crippen molar-refractivity contribution in [1.29, 1.82) is 0 Å². The first-order valence-electron chi connectivity index (χ1n) is 10.0. The van der Waals surface area contributed by atoms with Gasteiger partial charge in [0.25, 0.3) is 5.91 Å². The molecule has 0 saturated carbocycles. The van der Waals surface area contributed by atoms with Gasteiger partial charge in [0.1, 0.15) is 0 Å². The molecule has 1 unspecified atom stereocenters. The van der Waals surface area contributed by atoms with E-state index in [-0.39, 0.29) is 30.5 Å². The molecule has 2 amide bonds. The van der Waals surface area contributed by atoms with E-state index >= 15 is 0 Å². The molecular weight excluding hydrogens is 411 g/mol. The average molecular weight is 436 g/mol. The van der Waals surface area contributed by atoms with Crippen LogP contribution in [-0.4, -0.2) is 42.4 Å². The lowest BCUT2D eigenvalue weighted by atomic mass is 10.0. The highest BCUT2D eigenvalue weighted by Gasteiger charge is 2.16. The number of amides is 2. The molecule has 0 aliphatic rings. The van der Waals surface area contributed by atoms with Crippen LogP contribution in [0.2, 0.25) is 0 Å². The largest absolute Gasteiger partial charge is 0.494 e. The summed E-state index contributed by atoms with van der Waals surface area (Å²) in [6.45, 7) is 0.278. The van der Waals surface area contributed by atoms with Crippen LogP contribution in [0.25, 0.3) is 0 Å². The molecule has 0 spiro atoms. The number of halogens is 1. The minimum atomic E-state index is -0.509. The van der Waals surface area contributed by atoms with Crippen LogP contribution < -0.4 is 15.8 Å². The van der Waals surface area contributed by atoms with E-state index in [1.165, 1.54) is 24.1 Å². The molecule has 3 aromatic rings. The topological polar surface area (TPSA) is 97.5 Å². The van der Waals surface area contributed by atoms with Crippen LogP contribution in [0.4, 0.5) is 10.1 Å². The number of benzene rings is 2. The van der Waals surface area contributed by atoms with E-state index in [1.54, 1.807) is 61.9 Å². The highest BCUT2D eigenvalue weighted by atomic mass is 19.1. The molecule has 0 fully saturated rings. The smallest absolute Gasteiger partial charge is 0.255 e. The van der Waals surface area contributed by atoms with Gasteiger partial charge in [0.05, 0.1) is 13.5 Å². The van der Waals surface area contributed by atoms with Gasteiger partial charge < -0.3 is 20.7 Å². The zero-order chi connectivity index (χ0) is 23.1. The monoisotopic (exact) mass is 436 g/mol. The number of pyridine rings is 1. The van der Waals surface area contributed by atoms with Crippen molar-refractivity contribution in [2.75, 3.05) is 26.0 Å². The summed E-state index contributed by atoms with van der Waals surface area (Å²) in [5, 5.41) is 2.79. The highest BCUT2D eigenvalue weighted by Crippen LogP contribution is 2.19. The maximum Gasteiger partial charge on any atom is 0.255 e. The predicted molar refractivity (Wildman–Crippen MR) is 120 cm³/mol. The number of aromatic nitrogens is 1. The lowest BCUT2D eigenvalue weighted by Crippen LogP contribution is -2.35. The van der Waals surface area contributed by atoms with Crippen molar-refractivity contribution in [3.63, 3.8) is 0 Å². The van der Waals surface area contributed by atoms with E-state index < -0.39 is 11.9 Å². The summed E-state index contributed by atoms with van der Waals surface area (Å²) in [7, 11) is 3.04. The molecule has 1 atom stereocenters. The van der Waals surface area contributed by atoms with E-state index in [0.717, 1.165) is 5.56 Å². The van der Waals surface area contributed by atoms with Crippen LogP contribution in [0, 0.1) is 5.82 Å². The van der Waals surface area contributed by atoms with Crippen LogP contribution in [0.5, 0.6) is 5.75 Å². The number of carbonyl (C=O) groups excluding carboxylic acids is 2. The van der Waals surface area contributed by atoms with Crippen LogP contribution >= 0.6 is 0 Å². The third-order valence-electron chi connectivity index (χ3n) is 5.01. The van der Waals surface area contributed by atoms with E-state index in [4.69, 9.17) is 10.5 Å². The second-order valence-electron chi connectivity index (χ2n) is 7.34. The summed E-state index contributed by atoms with van der Waals surface area (Å²) < 4.78 is 18.7. The zero-order valence-electron chi connectivity index (χ0n) is 17.9. The Morgan fingerprint density at radius 2 is 1.81 bits per heavy atom. The van der Waals surface area contributed by atoms with Crippen molar-refractivity contribution in [1.82, 2.24) is 9.88 Å². The van der Waals surface area contributed by atoms with Gasteiger partial charge in [-0.25, -0.2) is 4.39 Å². The van der Waals surface area contributed by atoms with Gasteiger partial charge in [-0.3, -0.25) is 14.6 Å². The van der Waals surface area contributed by atoms with Crippen molar-refractivity contribution >= 4 is 17.5 Å². The standard InChI is InChI=1S/C24H25FN4O3/c1-29(23(30)14-16-3-8-22(32-2)20(25)13-16)15-21(26)17-4-6-18(7-5-17)24(31)28-19-9-11-27-12-10-19/h3-13,21H,14-15,26H2,1-2H3,(H,27,28,31). The van der Waals surface area contributed by atoms with E-state index in [2.05, 4.69) is 10.3 Å². The summed E-state index contributed by atoms with van der Waals surface area (Å²) in [4.78, 5) is 30.3. The lowest BCUT2D eigenvalue weighted by Gasteiger charge is -2.22. The Balaban J connectivity index is 1.56. The number of likely N-dealkylation sites (N-methyl/N-ethyl adjacent to an activating group) is 1. The van der Waals surface area contributed by atoms with Crippen LogP contribution in [0.3, 0.4) is 0 Å². The van der Waals surface area contributed by atoms with Crippen molar-refractivity contribution in [3.05, 3.63) is 89.5 Å². The van der Waals surface area contributed by atoms with Gasteiger partial charge in [-0.15, -0.1) is 0 Å². The number of hydrogen-bond donors (Lipinski definition) is 2. The number of methoxy groups -OCH3 is 1. The number of nitrogens with one attached hydrogen (secondary N) is 1. The summed E-state index contributed by atoms with van der Waals surface area (Å²) in [5.74, 6) is -0.798. The Hall–Kier alpha value is -3.78. The van der Waals surface area contributed by atoms with Gasteiger partial charge in [0, 0.05) is 43.3 Å². The molecule has 8 heteroatoms. The molecule has 32 heavy (non-hydrogen) atoms. The summed E-state index contributed by atoms with van der Waals surface area (Å²) >= 11 is 0. The van der Waals surface area contributed by atoms with E-state index in [1.807, 2.05) is 0 Å². The molecule has 1 heterocycles. The molecule has 0 aliphatic carbocycles. The molecule has 0 aliphatic heterocycles. The summed E-state index contributed by atoms with van der Waals surface area (Å²) in [6, 6.07) is 14.3. The molecular formula is C24H25FN4O3. The van der Waals surface area contributed by atoms with Crippen molar-refractivity contribution in [2.24, 2.45) is 5.73 Å². The molecule has 166 valence electrons. The molecule has 0 saturated heterocycles. The average Bonchev–Trinajstić information content (AvgIpc) is 2.80. The van der Waals surface area contributed by atoms with Crippen molar-refractivity contribution in [2.45, 2.75) is 12.5 Å². The molecule has 0 bridgehead atoms. The van der Waals surface area contributed by atoms with Gasteiger partial charge in [0.2, 0.25) is 5.91 Å². The summed E-state index contributed by atoms with van der Waals surface area (Å²) in [5.41, 5.74) is 8.75. The third kappa shape index (κ3) is 5.89. The Kier molecular flexibility index (Phi) is 7.51. The number of carbonyl (C=O) groups is 2. The lowest BCUT2D eigenvalue weighted by molar-refractivity contribution is -0.129. The maximum absolute atomic E-state index is 13.8. The zero-order valence-corrected chi connectivity index (χ0v) is 17.9. The quantitative estimate of drug-likeness (QED) is 0.565. The Labute approximate surface area is 186 Å². The number of ether oxygens (including phenoxy) is 1. The molecule has 0 radical (unpaired) electrons. The SMILES string of the molecule is COc1ccc(CC(=O)N(C)CC(N)c2ccc(C(=O)Nc3ccncc3)cc2)cc1F. The first kappa shape index (κ1) is 22.9. The van der Waals surface area contributed by atoms with E-state index in [0.29, 0.717) is 16.8 Å². The minimum Gasteiger partial charge on any atom is -0.494 e. The van der Waals surface area contributed by atoms with Gasteiger partial charge >= 0.3 is 0 Å². The highest BCUT2D eigenvalue weighted by molar-refractivity contribution is 6.04. The fraction of sp³-hybridized carbons (Fsp3) is 0.208. The van der Waals surface area contributed by atoms with Gasteiger partial charge in [0.15, 0.2) is 11.6 Å². The molecule has 2 aromatic carbocycles. The van der Waals surface area contributed by atoms with Gasteiger partial charge in [-0.05, 0) is 47.5 Å². The Morgan fingerprint density at radius 3 is 2.44 bits per heavy atom. The normalized spacial score (nSPS) is 11.5. The Bertz CT molecular complexity index is 1070. The number of nitrogens with two attached hydrogens (primary N) is 1. The van der Waals surface area contributed by atoms with Crippen LogP contribution in [0.15, 0.2) is 67.0 Å². The third-order valence-corrected chi connectivity index (χ3v) is 5.01. The fourth-order valence-electron chi connectivity index (χ4n) is 3.15. The molecule has 3 N–H and O–H groups in total. The second-order valence-corrected chi connectivity index (χ2v) is 7.34. The number of rotatable bonds is 8. The van der Waals surface area contributed by atoms with Crippen molar-refractivity contribution in [3.8, 4) is 5.75 Å². The molecule has 1 aromatic heterocycles. The Morgan fingerprint density at radius 1 is 1.12 bits per heavy atom. The second kappa shape index (κ2) is 10.5. The first-order valence-corrected chi connectivity index (χ1v) is 10.0.